The molecule has 0 spiro atoms. The molecule has 1 atom stereocenters. The summed E-state index contributed by atoms with van der Waals surface area (Å²) in [4.78, 5) is 32.9. The van der Waals surface area contributed by atoms with Gasteiger partial charge in [-0.25, -0.2) is 4.98 Å². The van der Waals surface area contributed by atoms with Gasteiger partial charge in [-0.1, -0.05) is 56.3 Å². The molecule has 2 aromatic carbocycles. The van der Waals surface area contributed by atoms with Crippen LogP contribution in [-0.2, 0) is 9.59 Å². The summed E-state index contributed by atoms with van der Waals surface area (Å²) in [6, 6.07) is 17.5. The number of aromatic nitrogens is 1. The van der Waals surface area contributed by atoms with Crippen LogP contribution in [0.2, 0.25) is 0 Å². The molecule has 1 amide bonds. The Morgan fingerprint density at radius 2 is 1.91 bits per heavy atom. The van der Waals surface area contributed by atoms with Crippen LogP contribution in [0.5, 0.6) is 0 Å². The van der Waals surface area contributed by atoms with Gasteiger partial charge in [-0.3, -0.25) is 9.59 Å². The Kier molecular flexibility index (Phi) is 5.50. The number of Topliss-reactive ketones (excluding diaryl/α,β-unsaturated/α-hetero) is 1. The van der Waals surface area contributed by atoms with Crippen LogP contribution in [0.25, 0.3) is 0 Å². The van der Waals surface area contributed by atoms with E-state index in [2.05, 4.69) is 29.5 Å². The second-order valence-corrected chi connectivity index (χ2v) is 10.2. The van der Waals surface area contributed by atoms with E-state index in [4.69, 9.17) is 0 Å². The Labute approximate surface area is 197 Å². The van der Waals surface area contributed by atoms with Crippen LogP contribution in [0.3, 0.4) is 0 Å². The predicted molar refractivity (Wildman–Crippen MR) is 132 cm³/mol. The van der Waals surface area contributed by atoms with Crippen molar-refractivity contribution < 1.29 is 9.59 Å². The van der Waals surface area contributed by atoms with E-state index in [9.17, 15) is 9.59 Å². The zero-order chi connectivity index (χ0) is 23.0. The number of fused-ring (bicyclic) bond motifs is 1. The number of nitrogens with zero attached hydrogens (tertiary/aromatic N) is 2. The molecule has 1 aromatic heterocycles. The maximum Gasteiger partial charge on any atom is 0.245 e. The smallest absolute Gasteiger partial charge is 0.245 e. The lowest BCUT2D eigenvalue weighted by Crippen LogP contribution is -2.40. The molecule has 2 aliphatic rings. The number of hydrogen-bond donors (Lipinski definition) is 2. The van der Waals surface area contributed by atoms with Gasteiger partial charge in [-0.2, -0.15) is 0 Å². The molecule has 0 saturated heterocycles. The molecular weight excluding hydrogens is 432 g/mol. The summed E-state index contributed by atoms with van der Waals surface area (Å²) in [5.41, 5.74) is 4.34. The van der Waals surface area contributed by atoms with Crippen LogP contribution in [0, 0.1) is 5.41 Å². The second-order valence-electron chi connectivity index (χ2n) is 9.30. The van der Waals surface area contributed by atoms with Gasteiger partial charge in [0, 0.05) is 29.3 Å². The number of carbonyl (C=O) groups is 2. The number of benzene rings is 2. The van der Waals surface area contributed by atoms with Crippen molar-refractivity contribution in [2.24, 2.45) is 5.41 Å². The van der Waals surface area contributed by atoms with Gasteiger partial charge in [0.2, 0.25) is 5.91 Å². The number of hydrogen-bond acceptors (Lipinski definition) is 6. The monoisotopic (exact) mass is 458 g/mol. The average molecular weight is 459 g/mol. The molecule has 0 fully saturated rings. The number of para-hydroxylation sites is 2. The van der Waals surface area contributed by atoms with E-state index in [-0.39, 0.29) is 29.7 Å². The van der Waals surface area contributed by atoms with Crippen LogP contribution in [0.4, 0.5) is 16.5 Å². The van der Waals surface area contributed by atoms with Crippen LogP contribution in [-0.4, -0.2) is 23.2 Å². The Balaban J connectivity index is 1.65. The zero-order valence-electron chi connectivity index (χ0n) is 18.7. The first-order chi connectivity index (χ1) is 15.9. The molecular formula is C26H26N4O2S. The minimum atomic E-state index is -0.372. The Hall–Kier alpha value is -3.45. The van der Waals surface area contributed by atoms with Crippen molar-refractivity contribution in [1.29, 1.82) is 0 Å². The first kappa shape index (κ1) is 21.4. The third-order valence-corrected chi connectivity index (χ3v) is 6.80. The van der Waals surface area contributed by atoms with E-state index in [1.165, 1.54) is 11.3 Å². The van der Waals surface area contributed by atoms with Crippen molar-refractivity contribution in [3.8, 4) is 0 Å². The maximum absolute atomic E-state index is 13.6. The molecule has 0 saturated carbocycles. The van der Waals surface area contributed by atoms with E-state index >= 15 is 0 Å². The number of amides is 1. The predicted octanol–water partition coefficient (Wildman–Crippen LogP) is 5.40. The van der Waals surface area contributed by atoms with Gasteiger partial charge < -0.3 is 15.5 Å². The number of ketones is 1. The van der Waals surface area contributed by atoms with Crippen molar-refractivity contribution in [3.05, 3.63) is 83.0 Å². The minimum Gasteiger partial charge on any atom is -0.357 e. The van der Waals surface area contributed by atoms with Crippen LogP contribution in [0.1, 0.15) is 38.3 Å². The highest BCUT2D eigenvalue weighted by Crippen LogP contribution is 2.48. The summed E-state index contributed by atoms with van der Waals surface area (Å²) < 4.78 is 0. The molecule has 0 bridgehead atoms. The molecule has 2 N–H and O–H groups in total. The van der Waals surface area contributed by atoms with E-state index in [1.807, 2.05) is 64.9 Å². The maximum atomic E-state index is 13.6. The van der Waals surface area contributed by atoms with Gasteiger partial charge >= 0.3 is 0 Å². The Morgan fingerprint density at radius 3 is 2.67 bits per heavy atom. The highest BCUT2D eigenvalue weighted by atomic mass is 32.1. The fourth-order valence-electron chi connectivity index (χ4n) is 4.81. The minimum absolute atomic E-state index is 0.0886. The summed E-state index contributed by atoms with van der Waals surface area (Å²) in [5.74, 6) is -0.0472. The lowest BCUT2D eigenvalue weighted by Gasteiger charge is -2.37. The van der Waals surface area contributed by atoms with Gasteiger partial charge in [-0.05, 0) is 29.5 Å². The van der Waals surface area contributed by atoms with Gasteiger partial charge in [0.15, 0.2) is 10.9 Å². The summed E-state index contributed by atoms with van der Waals surface area (Å²) in [5, 5.41) is 8.85. The van der Waals surface area contributed by atoms with Crippen molar-refractivity contribution in [1.82, 2.24) is 4.98 Å². The van der Waals surface area contributed by atoms with E-state index < -0.39 is 0 Å². The summed E-state index contributed by atoms with van der Waals surface area (Å²) >= 11 is 1.38. The molecule has 1 aliphatic carbocycles. The number of rotatable bonds is 4. The third kappa shape index (κ3) is 4.28. The Bertz CT molecular complexity index is 1220. The lowest BCUT2D eigenvalue weighted by molar-refractivity contribution is -0.119. The van der Waals surface area contributed by atoms with Crippen molar-refractivity contribution in [3.63, 3.8) is 0 Å². The number of thiazole rings is 1. The average Bonchev–Trinajstić information content (AvgIpc) is 3.24. The molecule has 1 aliphatic heterocycles. The second kappa shape index (κ2) is 8.48. The highest BCUT2D eigenvalue weighted by Gasteiger charge is 2.41. The molecule has 2 heterocycles. The first-order valence-electron chi connectivity index (χ1n) is 11.0. The normalized spacial score (nSPS) is 19.3. The molecule has 0 radical (unpaired) electrons. The molecule has 6 nitrogen and oxygen atoms in total. The molecule has 33 heavy (non-hydrogen) atoms. The van der Waals surface area contributed by atoms with Gasteiger partial charge in [0.25, 0.3) is 0 Å². The van der Waals surface area contributed by atoms with Crippen molar-refractivity contribution >= 4 is 39.5 Å². The fourth-order valence-corrected chi connectivity index (χ4v) is 5.35. The van der Waals surface area contributed by atoms with Crippen molar-refractivity contribution in [2.75, 3.05) is 22.1 Å². The van der Waals surface area contributed by atoms with Crippen LogP contribution in [0.15, 0.2) is 77.4 Å². The molecule has 7 heteroatoms. The first-order valence-corrected chi connectivity index (χ1v) is 11.9. The van der Waals surface area contributed by atoms with Gasteiger partial charge in [0.05, 0.1) is 24.0 Å². The summed E-state index contributed by atoms with van der Waals surface area (Å²) in [7, 11) is 0. The summed E-state index contributed by atoms with van der Waals surface area (Å²) in [6.07, 6.45) is 2.91. The van der Waals surface area contributed by atoms with E-state index in [0.29, 0.717) is 11.6 Å². The fraction of sp³-hybridized carbons (Fsp3) is 0.269. The molecule has 0 unspecified atom stereocenters. The van der Waals surface area contributed by atoms with E-state index in [1.54, 1.807) is 6.20 Å². The SMILES string of the molecule is CC1(C)CC(=O)C2=C(C1)Nc1ccccc1N(CC(=O)Nc1nccs1)[C@H]2c1ccccc1. The molecule has 3 aromatic rings. The highest BCUT2D eigenvalue weighted by molar-refractivity contribution is 7.13. The van der Waals surface area contributed by atoms with Gasteiger partial charge in [0.1, 0.15) is 0 Å². The van der Waals surface area contributed by atoms with E-state index in [0.717, 1.165) is 34.6 Å². The summed E-state index contributed by atoms with van der Waals surface area (Å²) in [6.45, 7) is 4.35. The standard InChI is InChI=1S/C26H26N4O2S/c1-26(2)14-19-23(21(31)15-26)24(17-8-4-3-5-9-17)30(20-11-7-6-10-18(20)28-19)16-22(32)29-25-27-12-13-33-25/h3-13,24,28H,14-16H2,1-2H3,(H,27,29,32)/t24-/m0/s1. The topological polar surface area (TPSA) is 74.3 Å². The molecule has 168 valence electrons. The third-order valence-electron chi connectivity index (χ3n) is 6.11. The van der Waals surface area contributed by atoms with Crippen LogP contribution < -0.4 is 15.5 Å². The Morgan fingerprint density at radius 1 is 1.15 bits per heavy atom. The molecule has 5 rings (SSSR count). The number of nitrogens with one attached hydrogen (secondary N) is 2. The van der Waals surface area contributed by atoms with Crippen molar-refractivity contribution in [2.45, 2.75) is 32.7 Å². The lowest BCUT2D eigenvalue weighted by atomic mass is 9.73. The zero-order valence-corrected chi connectivity index (χ0v) is 19.5. The largest absolute Gasteiger partial charge is 0.357 e. The number of allylic oxidation sites excluding steroid dienone is 1. The number of anilines is 3. The number of carbonyl (C=O) groups excluding carboxylic acids is 2. The van der Waals surface area contributed by atoms with Gasteiger partial charge in [-0.15, -0.1) is 11.3 Å². The van der Waals surface area contributed by atoms with Crippen LogP contribution >= 0.6 is 11.3 Å². The quantitative estimate of drug-likeness (QED) is 0.548.